The van der Waals surface area contributed by atoms with Gasteiger partial charge in [0.1, 0.15) is 16.2 Å². The van der Waals surface area contributed by atoms with Crippen molar-refractivity contribution in [1.29, 1.82) is 0 Å². The first-order valence-electron chi connectivity index (χ1n) is 8.92. The Hall–Kier alpha value is -2.70. The van der Waals surface area contributed by atoms with Crippen LogP contribution in [0.25, 0.3) is 10.2 Å². The summed E-state index contributed by atoms with van der Waals surface area (Å²) in [6, 6.07) is 20.1. The van der Waals surface area contributed by atoms with Gasteiger partial charge in [0.15, 0.2) is 0 Å². The van der Waals surface area contributed by atoms with Crippen LogP contribution in [0.3, 0.4) is 0 Å². The maximum absolute atomic E-state index is 13.2. The van der Waals surface area contributed by atoms with Crippen LogP contribution in [0.5, 0.6) is 0 Å². The molecule has 0 unspecified atom stereocenters. The number of fused-ring (bicyclic) bond motifs is 1. The third-order valence-corrected chi connectivity index (χ3v) is 6.17. The lowest BCUT2D eigenvalue weighted by atomic mass is 10.1. The molecule has 140 valence electrons. The van der Waals surface area contributed by atoms with Gasteiger partial charge >= 0.3 is 0 Å². The lowest BCUT2D eigenvalue weighted by Gasteiger charge is -2.23. The minimum Gasteiger partial charge on any atom is -0.307 e. The highest BCUT2D eigenvalue weighted by molar-refractivity contribution is 8.00. The van der Waals surface area contributed by atoms with Gasteiger partial charge in [-0.1, -0.05) is 54.2 Å². The normalized spacial score (nSPS) is 10.9. The first-order valence-corrected chi connectivity index (χ1v) is 10.8. The zero-order valence-corrected chi connectivity index (χ0v) is 17.0. The average molecular weight is 406 g/mol. The predicted molar refractivity (Wildman–Crippen MR) is 117 cm³/mol. The van der Waals surface area contributed by atoms with E-state index < -0.39 is 0 Å². The predicted octanol–water partition coefficient (Wildman–Crippen LogP) is 5.33. The third-order valence-electron chi connectivity index (χ3n) is 4.36. The van der Waals surface area contributed by atoms with E-state index in [0.717, 1.165) is 32.1 Å². The molecule has 28 heavy (non-hydrogen) atoms. The van der Waals surface area contributed by atoms with Crippen LogP contribution in [0.15, 0.2) is 77.4 Å². The van der Waals surface area contributed by atoms with E-state index in [1.54, 1.807) is 17.7 Å². The summed E-state index contributed by atoms with van der Waals surface area (Å²) in [5.74, 6) is 0.379. The first kappa shape index (κ1) is 18.7. The van der Waals surface area contributed by atoms with Crippen molar-refractivity contribution in [2.75, 3.05) is 10.7 Å². The van der Waals surface area contributed by atoms with Gasteiger partial charge < -0.3 is 4.90 Å². The van der Waals surface area contributed by atoms with Crippen molar-refractivity contribution >= 4 is 44.9 Å². The Morgan fingerprint density at radius 3 is 2.75 bits per heavy atom. The van der Waals surface area contributed by atoms with E-state index in [2.05, 4.69) is 9.97 Å². The van der Waals surface area contributed by atoms with Crippen molar-refractivity contribution in [3.05, 3.63) is 83.5 Å². The number of amides is 1. The number of rotatable bonds is 6. The molecule has 0 aliphatic rings. The molecule has 1 amide bonds. The largest absolute Gasteiger partial charge is 0.307 e. The lowest BCUT2D eigenvalue weighted by molar-refractivity contribution is -0.116. The second-order valence-electron chi connectivity index (χ2n) is 6.41. The van der Waals surface area contributed by atoms with Crippen LogP contribution in [0.2, 0.25) is 0 Å². The molecule has 4 rings (SSSR count). The summed E-state index contributed by atoms with van der Waals surface area (Å²) in [6.07, 6.45) is 1.56. The Kier molecular flexibility index (Phi) is 5.69. The number of thioether (sulfide) groups is 1. The molecule has 0 saturated heterocycles. The molecule has 6 heteroatoms. The fourth-order valence-corrected chi connectivity index (χ4v) is 4.63. The number of thiophene rings is 1. The maximum atomic E-state index is 13.2. The molecular formula is C22H19N3OS2. The van der Waals surface area contributed by atoms with Crippen LogP contribution in [0, 0.1) is 6.92 Å². The van der Waals surface area contributed by atoms with Gasteiger partial charge in [0.25, 0.3) is 0 Å². The number of hydrogen-bond donors (Lipinski definition) is 0. The minimum atomic E-state index is 0.0569. The Balaban J connectivity index is 1.56. The van der Waals surface area contributed by atoms with Crippen LogP contribution in [-0.2, 0) is 11.3 Å². The number of hydrogen-bond acceptors (Lipinski definition) is 5. The van der Waals surface area contributed by atoms with Gasteiger partial charge in [0, 0.05) is 11.1 Å². The Morgan fingerprint density at radius 2 is 1.93 bits per heavy atom. The smallest absolute Gasteiger partial charge is 0.237 e. The molecular weight excluding hydrogens is 386 g/mol. The van der Waals surface area contributed by atoms with Crippen LogP contribution in [-0.4, -0.2) is 21.6 Å². The quantitative estimate of drug-likeness (QED) is 0.321. The first-order chi connectivity index (χ1) is 13.7. The number of aromatic nitrogens is 2. The fourth-order valence-electron chi connectivity index (χ4n) is 2.98. The highest BCUT2D eigenvalue weighted by Crippen LogP contribution is 2.28. The zero-order valence-electron chi connectivity index (χ0n) is 15.4. The zero-order chi connectivity index (χ0) is 19.3. The summed E-state index contributed by atoms with van der Waals surface area (Å²) in [7, 11) is 0. The second kappa shape index (κ2) is 8.54. The van der Waals surface area contributed by atoms with E-state index in [1.165, 1.54) is 11.8 Å². The van der Waals surface area contributed by atoms with Crippen molar-refractivity contribution in [2.45, 2.75) is 18.5 Å². The molecule has 0 saturated carbocycles. The average Bonchev–Trinajstić information content (AvgIpc) is 3.20. The van der Waals surface area contributed by atoms with Crippen molar-refractivity contribution < 1.29 is 4.79 Å². The van der Waals surface area contributed by atoms with Gasteiger partial charge in [-0.25, -0.2) is 9.97 Å². The van der Waals surface area contributed by atoms with Crippen molar-refractivity contribution in [1.82, 2.24) is 9.97 Å². The molecule has 0 N–H and O–H groups in total. The Labute approximate surface area is 172 Å². The number of aryl methyl sites for hydroxylation is 1. The molecule has 0 aliphatic heterocycles. The van der Waals surface area contributed by atoms with Gasteiger partial charge in [-0.05, 0) is 41.6 Å². The molecule has 4 aromatic rings. The van der Waals surface area contributed by atoms with Crippen molar-refractivity contribution in [3.63, 3.8) is 0 Å². The molecule has 2 aromatic heterocycles. The molecule has 2 heterocycles. The van der Waals surface area contributed by atoms with Gasteiger partial charge in [0.2, 0.25) is 5.91 Å². The maximum Gasteiger partial charge on any atom is 0.237 e. The number of carbonyl (C=O) groups is 1. The monoisotopic (exact) mass is 405 g/mol. The van der Waals surface area contributed by atoms with Gasteiger partial charge in [-0.15, -0.1) is 11.3 Å². The fraction of sp³-hybridized carbons (Fsp3) is 0.136. The molecule has 0 radical (unpaired) electrons. The van der Waals surface area contributed by atoms with E-state index >= 15 is 0 Å². The van der Waals surface area contributed by atoms with Crippen LogP contribution in [0.1, 0.15) is 11.1 Å². The summed E-state index contributed by atoms with van der Waals surface area (Å²) in [6.45, 7) is 2.58. The topological polar surface area (TPSA) is 46.1 Å². The van der Waals surface area contributed by atoms with E-state index in [0.29, 0.717) is 12.3 Å². The van der Waals surface area contributed by atoms with Crippen LogP contribution in [0.4, 0.5) is 5.69 Å². The lowest BCUT2D eigenvalue weighted by Crippen LogP contribution is -2.32. The summed E-state index contributed by atoms with van der Waals surface area (Å²) < 4.78 is 0. The van der Waals surface area contributed by atoms with E-state index in [1.807, 2.05) is 77.9 Å². The number of benzene rings is 2. The third kappa shape index (κ3) is 4.24. The molecule has 0 spiro atoms. The van der Waals surface area contributed by atoms with Crippen molar-refractivity contribution in [3.8, 4) is 0 Å². The van der Waals surface area contributed by atoms with Crippen molar-refractivity contribution in [2.24, 2.45) is 0 Å². The molecule has 2 aromatic carbocycles. The Bertz CT molecular complexity index is 1100. The number of anilines is 1. The Morgan fingerprint density at radius 1 is 1.07 bits per heavy atom. The standard InChI is InChI=1S/C22H19N3OS2/c1-16-6-5-9-18(12-16)25(13-17-7-3-2-4-8-17)20(26)14-28-22-19-10-11-27-21(19)23-15-24-22/h2-12,15H,13-14H2,1H3. The molecule has 0 aliphatic carbocycles. The SMILES string of the molecule is Cc1cccc(N(Cc2ccccc2)C(=O)CSc2ncnc3sccc23)c1. The summed E-state index contributed by atoms with van der Waals surface area (Å²) in [5, 5.41) is 3.86. The van der Waals surface area contributed by atoms with Crippen LogP contribution < -0.4 is 4.90 Å². The summed E-state index contributed by atoms with van der Waals surface area (Å²) >= 11 is 3.05. The highest BCUT2D eigenvalue weighted by Gasteiger charge is 2.18. The molecule has 0 fully saturated rings. The van der Waals surface area contributed by atoms with E-state index in [-0.39, 0.29) is 5.91 Å². The summed E-state index contributed by atoms with van der Waals surface area (Å²) in [4.78, 5) is 24.6. The number of carbonyl (C=O) groups excluding carboxylic acids is 1. The van der Waals surface area contributed by atoms with Gasteiger partial charge in [-0.3, -0.25) is 4.79 Å². The van der Waals surface area contributed by atoms with Crippen LogP contribution >= 0.6 is 23.1 Å². The second-order valence-corrected chi connectivity index (χ2v) is 8.27. The van der Waals surface area contributed by atoms with E-state index in [9.17, 15) is 4.79 Å². The number of nitrogens with zero attached hydrogens (tertiary/aromatic N) is 3. The van der Waals surface area contributed by atoms with E-state index in [4.69, 9.17) is 0 Å². The van der Waals surface area contributed by atoms with Gasteiger partial charge in [-0.2, -0.15) is 0 Å². The van der Waals surface area contributed by atoms with Gasteiger partial charge in [0.05, 0.1) is 12.3 Å². The summed E-state index contributed by atoms with van der Waals surface area (Å²) in [5.41, 5.74) is 3.15. The molecule has 4 nitrogen and oxygen atoms in total. The minimum absolute atomic E-state index is 0.0569. The highest BCUT2D eigenvalue weighted by atomic mass is 32.2. The molecule has 0 atom stereocenters. The molecule has 0 bridgehead atoms.